The zero-order valence-corrected chi connectivity index (χ0v) is 12.7. The molecular formula is C16H27N3O. The second-order valence-corrected chi connectivity index (χ2v) is 6.10. The number of likely N-dealkylation sites (tertiary alicyclic amines) is 1. The SMILES string of the molecule is CC(C)NCC1CCCN(CCn2ccccc2=O)C1. The third-order valence-electron chi connectivity index (χ3n) is 3.97. The van der Waals surface area contributed by atoms with Crippen LogP contribution in [0, 0.1) is 5.92 Å². The second-order valence-electron chi connectivity index (χ2n) is 6.10. The molecule has 1 unspecified atom stereocenters. The molecule has 1 atom stereocenters. The number of nitrogens with one attached hydrogen (secondary N) is 1. The van der Waals surface area contributed by atoms with Crippen molar-refractivity contribution in [2.75, 3.05) is 26.2 Å². The highest BCUT2D eigenvalue weighted by Gasteiger charge is 2.19. The predicted molar refractivity (Wildman–Crippen MR) is 83.0 cm³/mol. The van der Waals surface area contributed by atoms with Crippen LogP contribution < -0.4 is 10.9 Å². The summed E-state index contributed by atoms with van der Waals surface area (Å²) in [6.07, 6.45) is 4.47. The Kier molecular flexibility index (Phi) is 5.80. The standard InChI is InChI=1S/C16H27N3O/c1-14(2)17-12-15-6-5-8-18(13-15)10-11-19-9-4-3-7-16(19)20/h3-4,7,9,14-15,17H,5-6,8,10-13H2,1-2H3. The van der Waals surface area contributed by atoms with Crippen LogP contribution in [-0.4, -0.2) is 41.7 Å². The van der Waals surface area contributed by atoms with Gasteiger partial charge in [-0.25, -0.2) is 0 Å². The number of rotatable bonds is 6. The number of hydrogen-bond donors (Lipinski definition) is 1. The average Bonchev–Trinajstić information content (AvgIpc) is 2.45. The van der Waals surface area contributed by atoms with E-state index < -0.39 is 0 Å². The molecule has 1 N–H and O–H groups in total. The highest BCUT2D eigenvalue weighted by atomic mass is 16.1. The van der Waals surface area contributed by atoms with Crippen molar-refractivity contribution in [1.29, 1.82) is 0 Å². The van der Waals surface area contributed by atoms with Gasteiger partial charge >= 0.3 is 0 Å². The van der Waals surface area contributed by atoms with E-state index in [0.29, 0.717) is 6.04 Å². The molecule has 2 heterocycles. The van der Waals surface area contributed by atoms with E-state index in [4.69, 9.17) is 0 Å². The molecule has 1 aromatic rings. The van der Waals surface area contributed by atoms with Crippen molar-refractivity contribution in [3.8, 4) is 0 Å². The summed E-state index contributed by atoms with van der Waals surface area (Å²) >= 11 is 0. The Labute approximate surface area is 121 Å². The van der Waals surface area contributed by atoms with Crippen LogP contribution in [0.25, 0.3) is 0 Å². The lowest BCUT2D eigenvalue weighted by Gasteiger charge is -2.33. The minimum absolute atomic E-state index is 0.0996. The fourth-order valence-electron chi connectivity index (χ4n) is 2.82. The predicted octanol–water partition coefficient (Wildman–Crippen LogP) is 1.56. The van der Waals surface area contributed by atoms with Gasteiger partial charge in [-0.3, -0.25) is 4.79 Å². The van der Waals surface area contributed by atoms with Gasteiger partial charge in [0.1, 0.15) is 0 Å². The van der Waals surface area contributed by atoms with E-state index in [1.54, 1.807) is 16.7 Å². The lowest BCUT2D eigenvalue weighted by atomic mass is 9.98. The van der Waals surface area contributed by atoms with Crippen LogP contribution in [0.2, 0.25) is 0 Å². The highest BCUT2D eigenvalue weighted by Crippen LogP contribution is 2.15. The first-order chi connectivity index (χ1) is 9.65. The molecule has 1 saturated heterocycles. The Morgan fingerprint density at radius 2 is 2.20 bits per heavy atom. The van der Waals surface area contributed by atoms with Crippen LogP contribution in [0.1, 0.15) is 26.7 Å². The van der Waals surface area contributed by atoms with Crippen LogP contribution in [-0.2, 0) is 6.54 Å². The summed E-state index contributed by atoms with van der Waals surface area (Å²) in [7, 11) is 0. The maximum Gasteiger partial charge on any atom is 0.250 e. The first-order valence-electron chi connectivity index (χ1n) is 7.76. The largest absolute Gasteiger partial charge is 0.314 e. The lowest BCUT2D eigenvalue weighted by molar-refractivity contribution is 0.165. The lowest BCUT2D eigenvalue weighted by Crippen LogP contribution is -2.42. The Hall–Kier alpha value is -1.13. The van der Waals surface area contributed by atoms with Gasteiger partial charge in [-0.2, -0.15) is 0 Å². The zero-order valence-electron chi connectivity index (χ0n) is 12.7. The van der Waals surface area contributed by atoms with Gasteiger partial charge in [-0.1, -0.05) is 19.9 Å². The summed E-state index contributed by atoms with van der Waals surface area (Å²) in [5, 5.41) is 3.54. The van der Waals surface area contributed by atoms with Gasteiger partial charge < -0.3 is 14.8 Å². The van der Waals surface area contributed by atoms with Gasteiger partial charge in [-0.15, -0.1) is 0 Å². The monoisotopic (exact) mass is 277 g/mol. The van der Waals surface area contributed by atoms with E-state index in [-0.39, 0.29) is 5.56 Å². The molecule has 0 saturated carbocycles. The first-order valence-corrected chi connectivity index (χ1v) is 7.76. The Bertz CT molecular complexity index is 455. The Morgan fingerprint density at radius 1 is 1.35 bits per heavy atom. The minimum atomic E-state index is 0.0996. The van der Waals surface area contributed by atoms with Crippen LogP contribution in [0.4, 0.5) is 0 Å². The molecule has 0 amide bonds. The van der Waals surface area contributed by atoms with Crippen LogP contribution >= 0.6 is 0 Å². The van der Waals surface area contributed by atoms with E-state index >= 15 is 0 Å². The third kappa shape index (κ3) is 4.76. The van der Waals surface area contributed by atoms with Crippen LogP contribution in [0.3, 0.4) is 0 Å². The maximum absolute atomic E-state index is 11.7. The Balaban J connectivity index is 1.78. The van der Waals surface area contributed by atoms with Crippen LogP contribution in [0.5, 0.6) is 0 Å². The Morgan fingerprint density at radius 3 is 2.95 bits per heavy atom. The highest BCUT2D eigenvalue weighted by molar-refractivity contribution is 4.93. The smallest absolute Gasteiger partial charge is 0.250 e. The second kappa shape index (κ2) is 7.60. The van der Waals surface area contributed by atoms with E-state index in [9.17, 15) is 4.79 Å². The first kappa shape index (κ1) is 15.3. The molecule has 4 nitrogen and oxygen atoms in total. The van der Waals surface area contributed by atoms with E-state index in [2.05, 4.69) is 24.1 Å². The van der Waals surface area contributed by atoms with E-state index in [0.717, 1.165) is 32.1 Å². The van der Waals surface area contributed by atoms with Crippen molar-refractivity contribution in [2.24, 2.45) is 5.92 Å². The third-order valence-corrected chi connectivity index (χ3v) is 3.97. The molecule has 4 heteroatoms. The number of piperidine rings is 1. The van der Waals surface area contributed by atoms with Crippen molar-refractivity contribution in [1.82, 2.24) is 14.8 Å². The summed E-state index contributed by atoms with van der Waals surface area (Å²) in [4.78, 5) is 14.2. The fraction of sp³-hybridized carbons (Fsp3) is 0.688. The number of aromatic nitrogens is 1. The molecule has 2 rings (SSSR count). The molecule has 1 aliphatic rings. The van der Waals surface area contributed by atoms with Crippen molar-refractivity contribution >= 4 is 0 Å². The molecule has 0 radical (unpaired) electrons. The van der Waals surface area contributed by atoms with Gasteiger partial charge in [0.05, 0.1) is 0 Å². The van der Waals surface area contributed by atoms with E-state index in [1.165, 1.54) is 19.4 Å². The van der Waals surface area contributed by atoms with Crippen molar-refractivity contribution < 1.29 is 0 Å². The van der Waals surface area contributed by atoms with Crippen molar-refractivity contribution in [2.45, 2.75) is 39.3 Å². The summed E-state index contributed by atoms with van der Waals surface area (Å²) in [5.41, 5.74) is 0.0996. The van der Waals surface area contributed by atoms with Crippen LogP contribution in [0.15, 0.2) is 29.2 Å². The topological polar surface area (TPSA) is 37.3 Å². The summed E-state index contributed by atoms with van der Waals surface area (Å²) in [6, 6.07) is 5.92. The van der Waals surface area contributed by atoms with Gasteiger partial charge in [0.25, 0.3) is 5.56 Å². The summed E-state index contributed by atoms with van der Waals surface area (Å²) < 4.78 is 1.80. The number of pyridine rings is 1. The van der Waals surface area contributed by atoms with Crippen molar-refractivity contribution in [3.05, 3.63) is 34.7 Å². The molecule has 0 spiro atoms. The number of hydrogen-bond acceptors (Lipinski definition) is 3. The quantitative estimate of drug-likeness (QED) is 0.857. The summed E-state index contributed by atoms with van der Waals surface area (Å²) in [5.74, 6) is 0.749. The molecule has 1 fully saturated rings. The molecule has 1 aliphatic heterocycles. The van der Waals surface area contributed by atoms with Gasteiger partial charge in [0, 0.05) is 37.9 Å². The minimum Gasteiger partial charge on any atom is -0.314 e. The number of nitrogens with zero attached hydrogens (tertiary/aromatic N) is 2. The van der Waals surface area contributed by atoms with E-state index in [1.807, 2.05) is 12.3 Å². The zero-order chi connectivity index (χ0) is 14.4. The molecule has 0 aliphatic carbocycles. The van der Waals surface area contributed by atoms with Gasteiger partial charge in [0.15, 0.2) is 0 Å². The maximum atomic E-state index is 11.7. The molecule has 1 aromatic heterocycles. The molecule has 20 heavy (non-hydrogen) atoms. The van der Waals surface area contributed by atoms with Gasteiger partial charge in [-0.05, 0) is 37.9 Å². The average molecular weight is 277 g/mol. The summed E-state index contributed by atoms with van der Waals surface area (Å²) in [6.45, 7) is 9.59. The molecular weight excluding hydrogens is 250 g/mol. The molecule has 0 aromatic carbocycles. The molecule has 112 valence electrons. The normalized spacial score (nSPS) is 20.4. The van der Waals surface area contributed by atoms with Crippen molar-refractivity contribution in [3.63, 3.8) is 0 Å². The van der Waals surface area contributed by atoms with Gasteiger partial charge in [0.2, 0.25) is 0 Å². The fourth-order valence-corrected chi connectivity index (χ4v) is 2.82. The molecule has 0 bridgehead atoms.